The maximum Gasteiger partial charge on any atom is 0.229 e. The lowest BCUT2D eigenvalue weighted by Crippen LogP contribution is -2.15. The van der Waals surface area contributed by atoms with Gasteiger partial charge in [0.15, 0.2) is 0 Å². The number of halogens is 1. The van der Waals surface area contributed by atoms with E-state index in [1.807, 2.05) is 6.92 Å². The van der Waals surface area contributed by atoms with Gasteiger partial charge in [0.2, 0.25) is 17.7 Å². The molecule has 0 fully saturated rings. The molecule has 0 amide bonds. The highest BCUT2D eigenvalue weighted by atomic mass is 35.5. The summed E-state index contributed by atoms with van der Waals surface area (Å²) in [4.78, 5) is 8.25. The van der Waals surface area contributed by atoms with Crippen LogP contribution in [-0.2, 0) is 0 Å². The summed E-state index contributed by atoms with van der Waals surface area (Å²) in [6.45, 7) is 2.63. The lowest BCUT2D eigenvalue weighted by molar-refractivity contribution is 0.373. The predicted molar refractivity (Wildman–Crippen MR) is 63.6 cm³/mol. The molecule has 0 bridgehead atoms. The Kier molecular flexibility index (Phi) is 5.11. The largest absolute Gasteiger partial charge is 0.481 e. The van der Waals surface area contributed by atoms with Crippen molar-refractivity contribution in [2.24, 2.45) is 0 Å². The van der Waals surface area contributed by atoms with E-state index < -0.39 is 0 Å². The van der Waals surface area contributed by atoms with Gasteiger partial charge >= 0.3 is 0 Å². The third kappa shape index (κ3) is 3.73. The number of hydrogen-bond donors (Lipinski definition) is 1. The maximum atomic E-state index is 5.98. The van der Waals surface area contributed by atoms with E-state index in [2.05, 4.69) is 15.3 Å². The second-order valence-electron chi connectivity index (χ2n) is 3.16. The van der Waals surface area contributed by atoms with Gasteiger partial charge in [-0.05, 0) is 6.42 Å². The van der Waals surface area contributed by atoms with E-state index in [4.69, 9.17) is 21.1 Å². The van der Waals surface area contributed by atoms with E-state index >= 15 is 0 Å². The van der Waals surface area contributed by atoms with Gasteiger partial charge in [-0.3, -0.25) is 0 Å². The Balaban J connectivity index is 2.71. The highest BCUT2D eigenvalue weighted by molar-refractivity contribution is 6.20. The standard InChI is InChI=1S/C10H16ClN3O2/c1-4-7(11)6-12-10-13-8(15-2)5-9(14-10)16-3/h5,7H,4,6H2,1-3H3,(H,12,13,14). The van der Waals surface area contributed by atoms with E-state index in [-0.39, 0.29) is 5.38 Å². The molecule has 1 rings (SSSR count). The average Bonchev–Trinajstić information content (AvgIpc) is 2.35. The topological polar surface area (TPSA) is 56.3 Å². The number of rotatable bonds is 6. The minimum absolute atomic E-state index is 0.0563. The molecule has 0 aliphatic carbocycles. The number of anilines is 1. The molecule has 0 aliphatic rings. The first-order valence-electron chi connectivity index (χ1n) is 5.04. The number of nitrogens with zero attached hydrogens (tertiary/aromatic N) is 2. The van der Waals surface area contributed by atoms with E-state index in [1.54, 1.807) is 20.3 Å². The summed E-state index contributed by atoms with van der Waals surface area (Å²) >= 11 is 5.98. The number of ether oxygens (including phenoxy) is 2. The molecule has 0 spiro atoms. The zero-order chi connectivity index (χ0) is 12.0. The van der Waals surface area contributed by atoms with Crippen LogP contribution in [0.15, 0.2) is 6.07 Å². The van der Waals surface area contributed by atoms with Crippen LogP contribution >= 0.6 is 11.6 Å². The Hall–Kier alpha value is -1.23. The molecule has 0 aromatic carbocycles. The van der Waals surface area contributed by atoms with Gasteiger partial charge in [0.05, 0.1) is 25.7 Å². The minimum atomic E-state index is 0.0563. The van der Waals surface area contributed by atoms with Crippen molar-refractivity contribution >= 4 is 17.5 Å². The normalized spacial score (nSPS) is 12.0. The first-order chi connectivity index (χ1) is 7.69. The molecule has 90 valence electrons. The number of aromatic nitrogens is 2. The van der Waals surface area contributed by atoms with Gasteiger partial charge in [-0.25, -0.2) is 0 Å². The van der Waals surface area contributed by atoms with Crippen LogP contribution in [0.3, 0.4) is 0 Å². The monoisotopic (exact) mass is 245 g/mol. The fourth-order valence-corrected chi connectivity index (χ4v) is 1.12. The van der Waals surface area contributed by atoms with Gasteiger partial charge in [-0.1, -0.05) is 6.92 Å². The summed E-state index contributed by atoms with van der Waals surface area (Å²) in [5, 5.41) is 3.09. The van der Waals surface area contributed by atoms with Crippen LogP contribution in [0.25, 0.3) is 0 Å². The number of nitrogens with one attached hydrogen (secondary N) is 1. The molecule has 0 radical (unpaired) electrons. The van der Waals surface area contributed by atoms with Gasteiger partial charge in [-0.2, -0.15) is 9.97 Å². The van der Waals surface area contributed by atoms with Crippen LogP contribution < -0.4 is 14.8 Å². The molecule has 0 saturated carbocycles. The Bertz CT molecular complexity index is 314. The number of alkyl halides is 1. The van der Waals surface area contributed by atoms with Crippen LogP contribution in [0.1, 0.15) is 13.3 Å². The van der Waals surface area contributed by atoms with Gasteiger partial charge in [-0.15, -0.1) is 11.6 Å². The molecule has 1 heterocycles. The molecular weight excluding hydrogens is 230 g/mol. The predicted octanol–water partition coefficient (Wildman–Crippen LogP) is 1.92. The first-order valence-corrected chi connectivity index (χ1v) is 5.48. The fourth-order valence-electron chi connectivity index (χ4n) is 1.04. The van der Waals surface area contributed by atoms with Crippen molar-refractivity contribution in [1.82, 2.24) is 9.97 Å². The quantitative estimate of drug-likeness (QED) is 0.776. The molecule has 5 nitrogen and oxygen atoms in total. The maximum absolute atomic E-state index is 5.98. The Morgan fingerprint density at radius 3 is 2.31 bits per heavy atom. The molecule has 0 aliphatic heterocycles. The molecule has 1 N–H and O–H groups in total. The summed E-state index contributed by atoms with van der Waals surface area (Å²) in [7, 11) is 3.09. The molecule has 0 saturated heterocycles. The van der Waals surface area contributed by atoms with Crippen LogP contribution in [0.5, 0.6) is 11.8 Å². The summed E-state index contributed by atoms with van der Waals surface area (Å²) in [5.74, 6) is 1.37. The van der Waals surface area contributed by atoms with Crippen molar-refractivity contribution in [2.75, 3.05) is 26.1 Å². The molecule has 1 aromatic heterocycles. The molecule has 1 atom stereocenters. The highest BCUT2D eigenvalue weighted by Crippen LogP contribution is 2.17. The average molecular weight is 246 g/mol. The Morgan fingerprint density at radius 1 is 1.31 bits per heavy atom. The van der Waals surface area contributed by atoms with Crippen LogP contribution in [0.2, 0.25) is 0 Å². The van der Waals surface area contributed by atoms with Gasteiger partial charge in [0, 0.05) is 6.54 Å². The Labute approximate surface area is 100 Å². The van der Waals surface area contributed by atoms with E-state index in [1.165, 1.54) is 0 Å². The number of hydrogen-bond acceptors (Lipinski definition) is 5. The van der Waals surface area contributed by atoms with Crippen LogP contribution in [0.4, 0.5) is 5.95 Å². The van der Waals surface area contributed by atoms with Crippen LogP contribution in [0, 0.1) is 0 Å². The third-order valence-electron chi connectivity index (χ3n) is 2.02. The van der Waals surface area contributed by atoms with Crippen molar-refractivity contribution in [2.45, 2.75) is 18.7 Å². The zero-order valence-electron chi connectivity index (χ0n) is 9.66. The SMILES string of the molecule is CCC(Cl)CNc1nc(OC)cc(OC)n1. The van der Waals surface area contributed by atoms with Crippen molar-refractivity contribution in [3.8, 4) is 11.8 Å². The van der Waals surface area contributed by atoms with E-state index in [0.29, 0.717) is 24.3 Å². The van der Waals surface area contributed by atoms with Gasteiger partial charge in [0.1, 0.15) is 0 Å². The van der Waals surface area contributed by atoms with Gasteiger partial charge < -0.3 is 14.8 Å². The lowest BCUT2D eigenvalue weighted by Gasteiger charge is -2.10. The van der Waals surface area contributed by atoms with Crippen molar-refractivity contribution in [3.63, 3.8) is 0 Å². The molecular formula is C10H16ClN3O2. The third-order valence-corrected chi connectivity index (χ3v) is 2.48. The molecule has 16 heavy (non-hydrogen) atoms. The Morgan fingerprint density at radius 2 is 1.88 bits per heavy atom. The molecule has 1 aromatic rings. The van der Waals surface area contributed by atoms with Gasteiger partial charge in [0.25, 0.3) is 0 Å². The van der Waals surface area contributed by atoms with E-state index in [9.17, 15) is 0 Å². The number of methoxy groups -OCH3 is 2. The van der Waals surface area contributed by atoms with Crippen molar-refractivity contribution < 1.29 is 9.47 Å². The summed E-state index contributed by atoms with van der Waals surface area (Å²) in [6, 6.07) is 1.61. The summed E-state index contributed by atoms with van der Waals surface area (Å²) in [5.41, 5.74) is 0. The zero-order valence-corrected chi connectivity index (χ0v) is 10.4. The first kappa shape index (κ1) is 12.8. The van der Waals surface area contributed by atoms with Crippen molar-refractivity contribution in [3.05, 3.63) is 6.07 Å². The second-order valence-corrected chi connectivity index (χ2v) is 3.78. The second kappa shape index (κ2) is 6.37. The smallest absolute Gasteiger partial charge is 0.229 e. The van der Waals surface area contributed by atoms with Crippen LogP contribution in [-0.4, -0.2) is 36.1 Å². The minimum Gasteiger partial charge on any atom is -0.481 e. The fraction of sp³-hybridized carbons (Fsp3) is 0.600. The highest BCUT2D eigenvalue weighted by Gasteiger charge is 2.06. The summed E-state index contributed by atoms with van der Waals surface area (Å²) in [6.07, 6.45) is 0.885. The lowest BCUT2D eigenvalue weighted by atomic mass is 10.3. The summed E-state index contributed by atoms with van der Waals surface area (Å²) < 4.78 is 10.1. The molecule has 6 heteroatoms. The van der Waals surface area contributed by atoms with E-state index in [0.717, 1.165) is 6.42 Å². The van der Waals surface area contributed by atoms with Crippen molar-refractivity contribution in [1.29, 1.82) is 0 Å². The molecule has 1 unspecified atom stereocenters.